The summed E-state index contributed by atoms with van der Waals surface area (Å²) in [7, 11) is 1.56. The first kappa shape index (κ1) is 18.1. The van der Waals surface area contributed by atoms with Gasteiger partial charge in [0.25, 0.3) is 5.91 Å². The van der Waals surface area contributed by atoms with E-state index in [9.17, 15) is 14.9 Å². The molecule has 0 spiro atoms. The Morgan fingerprint density at radius 1 is 1.42 bits per heavy atom. The monoisotopic (exact) mass is 343 g/mol. The molecule has 2 N–H and O–H groups in total. The standard InChI is InChI=1S/C18H21N3O2S/c1-12(17(22)20-2)24-11-14(10-19)18(23)21-16-9-5-7-13-6-3-4-8-15(13)16/h3-4,6,8,11-12,16H,5,7,9H2,1-2H3,(H,20,22)(H,21,23)/b14-11-. The van der Waals surface area contributed by atoms with Crippen molar-refractivity contribution in [2.75, 3.05) is 7.05 Å². The average molecular weight is 343 g/mol. The van der Waals surface area contributed by atoms with Gasteiger partial charge in [-0.2, -0.15) is 5.26 Å². The third kappa shape index (κ3) is 4.39. The maximum Gasteiger partial charge on any atom is 0.262 e. The first-order valence-corrected chi connectivity index (χ1v) is 8.87. The van der Waals surface area contributed by atoms with E-state index in [1.165, 1.54) is 11.0 Å². The van der Waals surface area contributed by atoms with Gasteiger partial charge in [-0.1, -0.05) is 24.3 Å². The third-order valence-electron chi connectivity index (χ3n) is 4.05. The Kier molecular flexibility index (Phi) is 6.44. The molecule has 1 aromatic rings. The largest absolute Gasteiger partial charge is 0.358 e. The molecule has 0 saturated heterocycles. The number of thioether (sulfide) groups is 1. The van der Waals surface area contributed by atoms with E-state index in [1.807, 2.05) is 24.3 Å². The molecule has 0 bridgehead atoms. The van der Waals surface area contributed by atoms with Crippen LogP contribution in [0.4, 0.5) is 0 Å². The van der Waals surface area contributed by atoms with Crippen LogP contribution in [0.3, 0.4) is 0 Å². The van der Waals surface area contributed by atoms with E-state index in [1.54, 1.807) is 14.0 Å². The quantitative estimate of drug-likeness (QED) is 0.635. The predicted molar refractivity (Wildman–Crippen MR) is 95.1 cm³/mol. The van der Waals surface area contributed by atoms with E-state index < -0.39 is 5.91 Å². The number of rotatable bonds is 5. The molecule has 5 nitrogen and oxygen atoms in total. The summed E-state index contributed by atoms with van der Waals surface area (Å²) in [6.45, 7) is 1.73. The molecule has 0 aliphatic heterocycles. The molecule has 24 heavy (non-hydrogen) atoms. The van der Waals surface area contributed by atoms with E-state index >= 15 is 0 Å². The van der Waals surface area contributed by atoms with Crippen molar-refractivity contribution in [1.82, 2.24) is 10.6 Å². The summed E-state index contributed by atoms with van der Waals surface area (Å²) in [6, 6.07) is 9.92. The summed E-state index contributed by atoms with van der Waals surface area (Å²) in [6.07, 6.45) is 2.89. The van der Waals surface area contributed by atoms with E-state index in [-0.39, 0.29) is 22.8 Å². The Morgan fingerprint density at radius 2 is 2.17 bits per heavy atom. The number of hydrogen-bond donors (Lipinski definition) is 2. The number of nitrogens with one attached hydrogen (secondary N) is 2. The summed E-state index contributed by atoms with van der Waals surface area (Å²) in [5.74, 6) is -0.536. The Labute approximate surface area is 146 Å². The Bertz CT molecular complexity index is 694. The molecule has 0 aromatic heterocycles. The van der Waals surface area contributed by atoms with Crippen LogP contribution >= 0.6 is 11.8 Å². The number of benzene rings is 1. The summed E-state index contributed by atoms with van der Waals surface area (Å²) in [4.78, 5) is 23.9. The SMILES string of the molecule is CNC(=O)C(C)S/C=C(/C#N)C(=O)NC1CCCc2ccccc21. The minimum atomic E-state index is -0.393. The lowest BCUT2D eigenvalue weighted by molar-refractivity contribution is -0.120. The topological polar surface area (TPSA) is 82.0 Å². The number of amides is 2. The zero-order valence-corrected chi connectivity index (χ0v) is 14.7. The van der Waals surface area contributed by atoms with Gasteiger partial charge in [0, 0.05) is 7.05 Å². The van der Waals surface area contributed by atoms with Gasteiger partial charge >= 0.3 is 0 Å². The van der Waals surface area contributed by atoms with Crippen LogP contribution in [-0.4, -0.2) is 24.1 Å². The van der Waals surface area contributed by atoms with Crippen molar-refractivity contribution in [3.63, 3.8) is 0 Å². The van der Waals surface area contributed by atoms with Gasteiger partial charge in [0.05, 0.1) is 11.3 Å². The van der Waals surface area contributed by atoms with Gasteiger partial charge in [0.15, 0.2) is 0 Å². The zero-order chi connectivity index (χ0) is 17.5. The van der Waals surface area contributed by atoms with E-state index in [2.05, 4.69) is 16.7 Å². The Balaban J connectivity index is 2.06. The number of carbonyl (C=O) groups excluding carboxylic acids is 2. The summed E-state index contributed by atoms with van der Waals surface area (Å²) in [5.41, 5.74) is 2.40. The lowest BCUT2D eigenvalue weighted by Crippen LogP contribution is -2.32. The smallest absolute Gasteiger partial charge is 0.262 e. The second-order valence-corrected chi connectivity index (χ2v) is 6.87. The number of carbonyl (C=O) groups is 2. The van der Waals surface area contributed by atoms with Crippen molar-refractivity contribution < 1.29 is 9.59 Å². The molecule has 126 valence electrons. The van der Waals surface area contributed by atoms with Crippen LogP contribution in [0.1, 0.15) is 36.9 Å². The maximum atomic E-state index is 12.4. The van der Waals surface area contributed by atoms with Crippen molar-refractivity contribution in [2.45, 2.75) is 37.5 Å². The van der Waals surface area contributed by atoms with Crippen molar-refractivity contribution in [3.8, 4) is 6.07 Å². The molecule has 1 aliphatic rings. The van der Waals surface area contributed by atoms with Crippen molar-refractivity contribution in [1.29, 1.82) is 5.26 Å². The molecule has 2 rings (SSSR count). The van der Waals surface area contributed by atoms with Gasteiger partial charge < -0.3 is 10.6 Å². The zero-order valence-electron chi connectivity index (χ0n) is 13.8. The molecular formula is C18H21N3O2S. The number of nitriles is 1. The van der Waals surface area contributed by atoms with Gasteiger partial charge in [-0.05, 0) is 42.7 Å². The lowest BCUT2D eigenvalue weighted by atomic mass is 9.87. The predicted octanol–water partition coefficient (Wildman–Crippen LogP) is 2.46. The van der Waals surface area contributed by atoms with Crippen LogP contribution < -0.4 is 10.6 Å². The highest BCUT2D eigenvalue weighted by Crippen LogP contribution is 2.29. The van der Waals surface area contributed by atoms with Crippen LogP contribution in [-0.2, 0) is 16.0 Å². The molecule has 1 aromatic carbocycles. The van der Waals surface area contributed by atoms with Crippen molar-refractivity contribution in [2.24, 2.45) is 0 Å². The third-order valence-corrected chi connectivity index (χ3v) is 5.04. The van der Waals surface area contributed by atoms with Crippen molar-refractivity contribution >= 4 is 23.6 Å². The molecule has 0 heterocycles. The van der Waals surface area contributed by atoms with Crippen LogP contribution in [0.2, 0.25) is 0 Å². The van der Waals surface area contributed by atoms with E-state index in [0.29, 0.717) is 0 Å². The van der Waals surface area contributed by atoms with Gasteiger partial charge in [-0.3, -0.25) is 9.59 Å². The molecular weight excluding hydrogens is 322 g/mol. The second kappa shape index (κ2) is 8.55. The minimum Gasteiger partial charge on any atom is -0.358 e. The summed E-state index contributed by atoms with van der Waals surface area (Å²) >= 11 is 1.16. The van der Waals surface area contributed by atoms with E-state index in [0.717, 1.165) is 36.6 Å². The van der Waals surface area contributed by atoms with Crippen LogP contribution in [0.25, 0.3) is 0 Å². The highest BCUT2D eigenvalue weighted by Gasteiger charge is 2.23. The molecule has 2 unspecified atom stereocenters. The van der Waals surface area contributed by atoms with Gasteiger partial charge in [0.1, 0.15) is 11.6 Å². The maximum absolute atomic E-state index is 12.4. The molecule has 1 aliphatic carbocycles. The number of aryl methyl sites for hydroxylation is 1. The lowest BCUT2D eigenvalue weighted by Gasteiger charge is -2.26. The highest BCUT2D eigenvalue weighted by molar-refractivity contribution is 8.03. The molecule has 0 radical (unpaired) electrons. The van der Waals surface area contributed by atoms with Gasteiger partial charge in [-0.15, -0.1) is 11.8 Å². The minimum absolute atomic E-state index is 0.0267. The molecule has 0 fully saturated rings. The van der Waals surface area contributed by atoms with Crippen LogP contribution in [0, 0.1) is 11.3 Å². The summed E-state index contributed by atoms with van der Waals surface area (Å²) in [5, 5.41) is 15.8. The molecule has 2 amide bonds. The van der Waals surface area contributed by atoms with Crippen molar-refractivity contribution in [3.05, 3.63) is 46.4 Å². The second-order valence-electron chi connectivity index (χ2n) is 5.65. The fraction of sp³-hybridized carbons (Fsp3) is 0.389. The average Bonchev–Trinajstić information content (AvgIpc) is 2.61. The van der Waals surface area contributed by atoms with E-state index in [4.69, 9.17) is 0 Å². The Morgan fingerprint density at radius 3 is 2.88 bits per heavy atom. The first-order valence-electron chi connectivity index (χ1n) is 7.92. The number of fused-ring (bicyclic) bond motifs is 1. The summed E-state index contributed by atoms with van der Waals surface area (Å²) < 4.78 is 0. The molecule has 2 atom stereocenters. The molecule has 0 saturated carbocycles. The number of hydrogen-bond acceptors (Lipinski definition) is 4. The first-order chi connectivity index (χ1) is 11.6. The Hall–Kier alpha value is -2.26. The molecule has 6 heteroatoms. The van der Waals surface area contributed by atoms with Crippen LogP contribution in [0.5, 0.6) is 0 Å². The normalized spacial score (nSPS) is 18.0. The number of nitrogens with zero attached hydrogens (tertiary/aromatic N) is 1. The fourth-order valence-electron chi connectivity index (χ4n) is 2.71. The van der Waals surface area contributed by atoms with Gasteiger partial charge in [-0.25, -0.2) is 0 Å². The fourth-order valence-corrected chi connectivity index (χ4v) is 3.45. The van der Waals surface area contributed by atoms with Gasteiger partial charge in [0.2, 0.25) is 5.91 Å². The van der Waals surface area contributed by atoms with Crippen LogP contribution in [0.15, 0.2) is 35.2 Å². The highest BCUT2D eigenvalue weighted by atomic mass is 32.2.